The molecule has 0 aromatic carbocycles. The molecule has 12 heteroatoms. The molecule has 1 N–H and O–H groups in total. The lowest BCUT2D eigenvalue weighted by Crippen LogP contribution is -2.48. The number of nitrogens with one attached hydrogen (secondary N) is 1. The van der Waals surface area contributed by atoms with Gasteiger partial charge in [0.15, 0.2) is 0 Å². The van der Waals surface area contributed by atoms with Crippen LogP contribution in [0.1, 0.15) is 55.0 Å². The minimum atomic E-state index is -4.15. The van der Waals surface area contributed by atoms with E-state index in [0.717, 1.165) is 32.3 Å². The molecule has 202 valence electrons. The van der Waals surface area contributed by atoms with E-state index in [0.29, 0.717) is 44.2 Å². The fraction of sp³-hybridized carbons (Fsp3) is 0.538. The summed E-state index contributed by atoms with van der Waals surface area (Å²) in [4.78, 5) is 10.9. The zero-order valence-electron chi connectivity index (χ0n) is 21.3. The van der Waals surface area contributed by atoms with Crippen molar-refractivity contribution in [3.05, 3.63) is 41.2 Å². The molecule has 0 spiro atoms. The number of likely N-dealkylation sites (N-methyl/N-ethyl adjacent to an activating group) is 1. The minimum absolute atomic E-state index is 0.186. The summed E-state index contributed by atoms with van der Waals surface area (Å²) < 4.78 is 38.3. The van der Waals surface area contributed by atoms with Crippen LogP contribution in [0, 0.1) is 0 Å². The third-order valence-corrected chi connectivity index (χ3v) is 8.70. The number of hydrazine groups is 1. The van der Waals surface area contributed by atoms with Gasteiger partial charge in [0, 0.05) is 56.6 Å². The molecule has 3 aliphatic rings. The second kappa shape index (κ2) is 10.4. The molecule has 0 unspecified atom stereocenters. The van der Waals surface area contributed by atoms with Crippen LogP contribution in [-0.2, 0) is 0 Å². The third kappa shape index (κ3) is 5.62. The molecular weight excluding hydrogens is 513 g/mol. The normalized spacial score (nSPS) is 20.5. The van der Waals surface area contributed by atoms with Crippen LogP contribution in [0.5, 0.6) is 0 Å². The van der Waals surface area contributed by atoms with Crippen LogP contribution < -0.4 is 5.32 Å². The molecule has 8 nitrogen and oxygen atoms in total. The number of alkyl halides is 3. The van der Waals surface area contributed by atoms with Gasteiger partial charge in [-0.05, 0) is 49.5 Å². The Kier molecular flexibility index (Phi) is 6.95. The van der Waals surface area contributed by atoms with Gasteiger partial charge in [-0.15, -0.1) is 10.2 Å². The summed E-state index contributed by atoms with van der Waals surface area (Å²) in [6.45, 7) is 0.782. The van der Waals surface area contributed by atoms with Gasteiger partial charge in [-0.3, -0.25) is 9.88 Å². The maximum Gasteiger partial charge on any atom is 0.401 e. The van der Waals surface area contributed by atoms with Crippen LogP contribution in [0.4, 0.5) is 24.1 Å². The van der Waals surface area contributed by atoms with Crippen LogP contribution in [-0.4, -0.2) is 80.5 Å². The Morgan fingerprint density at radius 1 is 1.05 bits per heavy atom. The molecule has 0 radical (unpaired) electrons. The highest BCUT2D eigenvalue weighted by Crippen LogP contribution is 2.37. The lowest BCUT2D eigenvalue weighted by molar-refractivity contribution is -0.150. The molecule has 3 aromatic rings. The largest absolute Gasteiger partial charge is 0.401 e. The number of piperidine rings is 1. The molecule has 3 aromatic heterocycles. The van der Waals surface area contributed by atoms with Gasteiger partial charge in [-0.1, -0.05) is 24.2 Å². The van der Waals surface area contributed by atoms with Crippen molar-refractivity contribution in [1.29, 1.82) is 0 Å². The Morgan fingerprint density at radius 2 is 1.84 bits per heavy atom. The average Bonchev–Trinajstić information content (AvgIpc) is 3.65. The van der Waals surface area contributed by atoms with Gasteiger partial charge in [-0.2, -0.15) is 13.2 Å². The summed E-state index contributed by atoms with van der Waals surface area (Å²) in [6.07, 6.45) is 6.14. The number of fused-ring (bicyclic) bond motifs is 1. The van der Waals surface area contributed by atoms with E-state index in [-0.39, 0.29) is 6.04 Å². The first kappa shape index (κ1) is 25.4. The first-order chi connectivity index (χ1) is 18.3. The van der Waals surface area contributed by atoms with Crippen molar-refractivity contribution in [1.82, 2.24) is 35.1 Å². The molecule has 1 saturated carbocycles. The number of rotatable bonds is 6. The van der Waals surface area contributed by atoms with E-state index in [2.05, 4.69) is 36.7 Å². The Morgan fingerprint density at radius 3 is 2.61 bits per heavy atom. The fourth-order valence-electron chi connectivity index (χ4n) is 5.76. The summed E-state index contributed by atoms with van der Waals surface area (Å²) in [6, 6.07) is 6.09. The van der Waals surface area contributed by atoms with E-state index in [1.54, 1.807) is 11.3 Å². The van der Waals surface area contributed by atoms with Crippen molar-refractivity contribution < 1.29 is 13.2 Å². The molecule has 6 rings (SSSR count). The molecule has 1 saturated heterocycles. The van der Waals surface area contributed by atoms with E-state index in [4.69, 9.17) is 4.98 Å². The summed E-state index contributed by atoms with van der Waals surface area (Å²) in [5.41, 5.74) is 3.70. The molecule has 0 atom stereocenters. The monoisotopic (exact) mass is 544 g/mol. The van der Waals surface area contributed by atoms with Gasteiger partial charge in [0.05, 0.1) is 17.6 Å². The highest BCUT2D eigenvalue weighted by atomic mass is 32.1. The van der Waals surface area contributed by atoms with Crippen LogP contribution in [0.2, 0.25) is 0 Å². The van der Waals surface area contributed by atoms with Crippen molar-refractivity contribution in [2.75, 3.05) is 38.5 Å². The molecule has 0 bridgehead atoms. The highest BCUT2D eigenvalue weighted by Gasteiger charge is 2.35. The van der Waals surface area contributed by atoms with E-state index in [1.165, 1.54) is 30.6 Å². The van der Waals surface area contributed by atoms with E-state index in [9.17, 15) is 13.2 Å². The van der Waals surface area contributed by atoms with Gasteiger partial charge in [0.25, 0.3) is 0 Å². The molecule has 5 heterocycles. The van der Waals surface area contributed by atoms with Gasteiger partial charge in [0.2, 0.25) is 5.13 Å². The predicted molar refractivity (Wildman–Crippen MR) is 142 cm³/mol. The summed E-state index contributed by atoms with van der Waals surface area (Å²) in [5, 5.41) is 18.2. The third-order valence-electron chi connectivity index (χ3n) is 7.70. The van der Waals surface area contributed by atoms with Gasteiger partial charge >= 0.3 is 6.18 Å². The van der Waals surface area contributed by atoms with Crippen LogP contribution in [0.3, 0.4) is 0 Å². The minimum Gasteiger partial charge on any atom is -0.315 e. The number of anilines is 2. The van der Waals surface area contributed by atoms with E-state index >= 15 is 0 Å². The van der Waals surface area contributed by atoms with Crippen molar-refractivity contribution in [2.24, 2.45) is 0 Å². The lowest BCUT2D eigenvalue weighted by Gasteiger charge is -2.39. The number of hydrogen-bond acceptors (Lipinski definition) is 9. The maximum atomic E-state index is 12.8. The summed E-state index contributed by atoms with van der Waals surface area (Å²) in [7, 11) is 2.02. The Bertz CT molecular complexity index is 1310. The number of likely N-dealkylation sites (tertiary alicyclic amines) is 1. The Hall–Kier alpha value is -2.83. The van der Waals surface area contributed by atoms with Gasteiger partial charge in [-0.25, -0.2) is 9.99 Å². The molecule has 2 aliphatic heterocycles. The van der Waals surface area contributed by atoms with Crippen molar-refractivity contribution in [3.8, 4) is 0 Å². The number of aromatic nitrogens is 4. The van der Waals surface area contributed by atoms with Crippen LogP contribution in [0.15, 0.2) is 30.6 Å². The number of hydrogen-bond donors (Lipinski definition) is 1. The zero-order valence-corrected chi connectivity index (χ0v) is 22.1. The summed E-state index contributed by atoms with van der Waals surface area (Å²) in [5.74, 6) is 1.24. The molecular formula is C26H31F3N8S. The second-order valence-electron chi connectivity index (χ2n) is 10.5. The van der Waals surface area contributed by atoms with Crippen molar-refractivity contribution >= 4 is 38.9 Å². The van der Waals surface area contributed by atoms with Crippen LogP contribution >= 0.6 is 11.3 Å². The molecule has 1 aliphatic carbocycles. The first-order valence-corrected chi connectivity index (χ1v) is 14.0. The molecule has 2 fully saturated rings. The topological polar surface area (TPSA) is 73.3 Å². The fourth-order valence-corrected chi connectivity index (χ4v) is 6.68. The Balaban J connectivity index is 1.14. The first-order valence-electron chi connectivity index (χ1n) is 13.2. The zero-order chi connectivity index (χ0) is 26.3. The van der Waals surface area contributed by atoms with E-state index in [1.807, 2.05) is 31.4 Å². The smallest absolute Gasteiger partial charge is 0.315 e. The van der Waals surface area contributed by atoms with Gasteiger partial charge < -0.3 is 10.3 Å². The van der Waals surface area contributed by atoms with Crippen molar-refractivity contribution in [3.63, 3.8) is 0 Å². The quantitative estimate of drug-likeness (QED) is 0.442. The standard InChI is InChI=1S/C26H31F3N8S/c1-35-14-19(15-37(35)20-8-10-36(11-9-20)16-26(27,28)29)18-12-22-21(30-13-18)6-7-23(31-22)32-25-34-33-24(38-25)17-4-2-3-5-17/h6-7,12-13,15,17,20H,2-5,8-11,14,16H2,1H3,(H,31,32,34). The SMILES string of the molecule is CN1CC(c2cnc3ccc(Nc4nnc(C5CCCC5)s4)nc3c2)=CN1C1CCN(CC(F)(F)F)CC1. The number of nitrogens with zero attached hydrogens (tertiary/aromatic N) is 7. The average molecular weight is 545 g/mol. The molecule has 0 amide bonds. The van der Waals surface area contributed by atoms with Crippen molar-refractivity contribution in [2.45, 2.75) is 56.7 Å². The highest BCUT2D eigenvalue weighted by molar-refractivity contribution is 7.15. The lowest BCUT2D eigenvalue weighted by atomic mass is 10.0. The van der Waals surface area contributed by atoms with Crippen LogP contribution in [0.25, 0.3) is 16.6 Å². The Labute approximate surface area is 223 Å². The number of pyridine rings is 2. The van der Waals surface area contributed by atoms with E-state index < -0.39 is 12.7 Å². The predicted octanol–water partition coefficient (Wildman–Crippen LogP) is 5.41. The maximum absolute atomic E-state index is 12.8. The molecule has 38 heavy (non-hydrogen) atoms. The van der Waals surface area contributed by atoms with Gasteiger partial charge in [0.1, 0.15) is 10.8 Å². The summed E-state index contributed by atoms with van der Waals surface area (Å²) >= 11 is 1.60. The second-order valence-corrected chi connectivity index (χ2v) is 11.5. The number of halogens is 3.